The van der Waals surface area contributed by atoms with Crippen LogP contribution >= 0.6 is 0 Å². The van der Waals surface area contributed by atoms with E-state index in [2.05, 4.69) is 21.3 Å². The van der Waals surface area contributed by atoms with Gasteiger partial charge in [0.05, 0.1) is 0 Å². The first-order valence-corrected chi connectivity index (χ1v) is 16.0. The van der Waals surface area contributed by atoms with Gasteiger partial charge in [0.15, 0.2) is 9.84 Å². The smallest absolute Gasteiger partial charge is 0.247 e. The Morgan fingerprint density at radius 1 is 1.00 bits per heavy atom. The molecule has 12 heteroatoms. The first-order chi connectivity index (χ1) is 20.4. The molecule has 3 atom stereocenters. The van der Waals surface area contributed by atoms with Crippen molar-refractivity contribution in [2.24, 2.45) is 5.92 Å². The van der Waals surface area contributed by atoms with E-state index in [1.165, 1.54) is 42.7 Å². The molecule has 2 aliphatic rings. The predicted molar refractivity (Wildman–Crippen MR) is 157 cm³/mol. The molecule has 2 fully saturated rings. The van der Waals surface area contributed by atoms with Gasteiger partial charge in [0.2, 0.25) is 5.91 Å². The Hall–Kier alpha value is -3.48. The molecule has 230 valence electrons. The van der Waals surface area contributed by atoms with Crippen molar-refractivity contribution >= 4 is 27.1 Å². The van der Waals surface area contributed by atoms with Crippen molar-refractivity contribution in [3.8, 4) is 0 Å². The Labute approximate surface area is 248 Å². The van der Waals surface area contributed by atoms with Crippen LogP contribution < -0.4 is 21.3 Å². The van der Waals surface area contributed by atoms with Gasteiger partial charge in [-0.25, -0.2) is 26.0 Å². The van der Waals surface area contributed by atoms with Crippen LogP contribution in [0.4, 0.5) is 28.9 Å². The number of hydrogen-bond donors (Lipinski definition) is 4. The second kappa shape index (κ2) is 12.6. The van der Waals surface area contributed by atoms with Gasteiger partial charge in [-0.2, -0.15) is 0 Å². The summed E-state index contributed by atoms with van der Waals surface area (Å²) in [5.74, 6) is -3.06. The quantitative estimate of drug-likeness (QED) is 0.236. The Morgan fingerprint density at radius 2 is 1.70 bits per heavy atom. The van der Waals surface area contributed by atoms with Crippen molar-refractivity contribution in [2.45, 2.75) is 49.1 Å². The zero-order chi connectivity index (χ0) is 30.8. The summed E-state index contributed by atoms with van der Waals surface area (Å²) in [5, 5.41) is 12.2. The maximum Gasteiger partial charge on any atom is 0.247 e. The molecule has 1 amide bonds. The van der Waals surface area contributed by atoms with Gasteiger partial charge in [0, 0.05) is 54.8 Å². The van der Waals surface area contributed by atoms with Gasteiger partial charge in [-0.15, -0.1) is 0 Å². The monoisotopic (exact) mass is 618 g/mol. The third-order valence-electron chi connectivity index (χ3n) is 8.15. The van der Waals surface area contributed by atoms with Crippen LogP contribution in [0.2, 0.25) is 0 Å². The van der Waals surface area contributed by atoms with E-state index in [0.29, 0.717) is 24.1 Å². The van der Waals surface area contributed by atoms with Crippen molar-refractivity contribution in [1.29, 1.82) is 0 Å². The Bertz CT molecular complexity index is 1560. The minimum Gasteiger partial charge on any atom is -0.373 e. The van der Waals surface area contributed by atoms with Crippen LogP contribution in [0.1, 0.15) is 30.4 Å². The van der Waals surface area contributed by atoms with Crippen LogP contribution in [0.3, 0.4) is 0 Å². The summed E-state index contributed by atoms with van der Waals surface area (Å²) < 4.78 is 82.6. The number of hydrogen-bond acceptors (Lipinski definition) is 6. The molecule has 1 aliphatic carbocycles. The van der Waals surface area contributed by atoms with Crippen molar-refractivity contribution in [2.75, 3.05) is 30.0 Å². The fraction of sp³-hybridized carbons (Fsp3) is 0.387. The molecule has 1 saturated heterocycles. The van der Waals surface area contributed by atoms with E-state index in [-0.39, 0.29) is 48.8 Å². The van der Waals surface area contributed by atoms with Crippen molar-refractivity contribution in [3.05, 3.63) is 95.1 Å². The van der Waals surface area contributed by atoms with E-state index >= 15 is 4.39 Å². The van der Waals surface area contributed by atoms with Crippen LogP contribution in [-0.2, 0) is 27.5 Å². The highest BCUT2D eigenvalue weighted by molar-refractivity contribution is 7.92. The lowest BCUT2D eigenvalue weighted by Gasteiger charge is -2.42. The normalized spacial score (nSPS) is 21.3. The van der Waals surface area contributed by atoms with Crippen molar-refractivity contribution in [3.63, 3.8) is 0 Å². The van der Waals surface area contributed by atoms with E-state index in [9.17, 15) is 26.4 Å². The number of carbonyl (C=O) groups excluding carboxylic acids is 1. The number of amides is 1. The van der Waals surface area contributed by atoms with Crippen LogP contribution in [0, 0.1) is 29.2 Å². The molecule has 0 radical (unpaired) electrons. The number of halogens is 4. The minimum atomic E-state index is -3.62. The molecule has 4 N–H and O–H groups in total. The number of nitrogens with one attached hydrogen (secondary N) is 4. The highest BCUT2D eigenvalue weighted by Crippen LogP contribution is 2.36. The summed E-state index contributed by atoms with van der Waals surface area (Å²) in [5.41, 5.74) is 0.925. The summed E-state index contributed by atoms with van der Waals surface area (Å²) >= 11 is 0. The van der Waals surface area contributed by atoms with E-state index < -0.39 is 49.9 Å². The zero-order valence-electron chi connectivity index (χ0n) is 23.6. The Balaban J connectivity index is 1.41. The van der Waals surface area contributed by atoms with Gasteiger partial charge in [0.25, 0.3) is 0 Å². The number of carbonyl (C=O) groups is 1. The highest BCUT2D eigenvalue weighted by Gasteiger charge is 2.47. The number of benzene rings is 3. The summed E-state index contributed by atoms with van der Waals surface area (Å²) in [4.78, 5) is 12.1. The van der Waals surface area contributed by atoms with Gasteiger partial charge in [-0.3, -0.25) is 10.1 Å². The standard InChI is InChI=1S/C31H34F4N4O3S/c1-43(41,42)31(18-36-17-29(39-31)20-7-8-20)12-11-25-26(35)3-2-4-27(25)38-28(13-19-5-9-21(32)10-6-19)30(40)37-24-15-22(33)14-23(34)16-24/h2-6,9-10,14-16,20,28-29,36,38-39H,7-8,11-13,17-18H2,1H3,(H,37,40)/t28-,29+,31-/m0/s1. The summed E-state index contributed by atoms with van der Waals surface area (Å²) in [7, 11) is -3.62. The lowest BCUT2D eigenvalue weighted by molar-refractivity contribution is -0.116. The maximum atomic E-state index is 15.3. The largest absolute Gasteiger partial charge is 0.373 e. The lowest BCUT2D eigenvalue weighted by Crippen LogP contribution is -2.67. The van der Waals surface area contributed by atoms with E-state index in [1.807, 2.05) is 0 Å². The van der Waals surface area contributed by atoms with Crippen LogP contribution in [0.25, 0.3) is 0 Å². The average molecular weight is 619 g/mol. The molecule has 0 unspecified atom stereocenters. The van der Waals surface area contributed by atoms with Crippen LogP contribution in [-0.4, -0.2) is 50.6 Å². The summed E-state index contributed by atoms with van der Waals surface area (Å²) in [6, 6.07) is 11.3. The molecule has 43 heavy (non-hydrogen) atoms. The molecular weight excluding hydrogens is 584 g/mol. The third kappa shape index (κ3) is 7.54. The number of anilines is 2. The second-order valence-corrected chi connectivity index (χ2v) is 13.8. The maximum absolute atomic E-state index is 15.3. The SMILES string of the molecule is CS(=O)(=O)[C@@]1(CCc2c(F)cccc2N[C@@H](Cc2ccc(F)cc2)C(=O)Nc2cc(F)cc(F)c2)CNC[C@H](C2CC2)N1. The fourth-order valence-corrected chi connectivity index (χ4v) is 6.82. The molecular formula is C31H34F4N4O3S. The third-order valence-corrected chi connectivity index (χ3v) is 10.0. The molecule has 0 spiro atoms. The Morgan fingerprint density at radius 3 is 2.35 bits per heavy atom. The summed E-state index contributed by atoms with van der Waals surface area (Å²) in [6.07, 6.45) is 3.38. The van der Waals surface area contributed by atoms with E-state index in [4.69, 9.17) is 0 Å². The summed E-state index contributed by atoms with van der Waals surface area (Å²) in [6.45, 7) is 0.829. The van der Waals surface area contributed by atoms with E-state index in [0.717, 1.165) is 25.0 Å². The van der Waals surface area contributed by atoms with E-state index in [1.54, 1.807) is 6.07 Å². The molecule has 3 aromatic carbocycles. The van der Waals surface area contributed by atoms with Gasteiger partial charge in [-0.05, 0) is 73.6 Å². The van der Waals surface area contributed by atoms with Crippen molar-refractivity contribution in [1.82, 2.24) is 10.6 Å². The second-order valence-electron chi connectivity index (χ2n) is 11.4. The lowest BCUT2D eigenvalue weighted by atomic mass is 9.98. The van der Waals surface area contributed by atoms with Crippen LogP contribution in [0.5, 0.6) is 0 Å². The first kappa shape index (κ1) is 31.0. The predicted octanol–water partition coefficient (Wildman–Crippen LogP) is 4.55. The molecule has 0 aromatic heterocycles. The topological polar surface area (TPSA) is 99.3 Å². The minimum absolute atomic E-state index is 0.00173. The van der Waals surface area contributed by atoms with Gasteiger partial charge in [-0.1, -0.05) is 18.2 Å². The molecule has 0 bridgehead atoms. The number of piperazine rings is 1. The molecule has 3 aromatic rings. The zero-order valence-corrected chi connectivity index (χ0v) is 24.4. The van der Waals surface area contributed by atoms with Gasteiger partial charge < -0.3 is 16.0 Å². The average Bonchev–Trinajstić information content (AvgIpc) is 3.78. The molecule has 1 aliphatic heterocycles. The molecule has 1 heterocycles. The van der Waals surface area contributed by atoms with Crippen molar-refractivity contribution < 1.29 is 30.8 Å². The molecule has 1 saturated carbocycles. The number of sulfone groups is 1. The molecule has 7 nitrogen and oxygen atoms in total. The fourth-order valence-electron chi connectivity index (χ4n) is 5.62. The highest BCUT2D eigenvalue weighted by atomic mass is 32.2. The van der Waals surface area contributed by atoms with Crippen LogP contribution in [0.15, 0.2) is 60.7 Å². The van der Waals surface area contributed by atoms with Gasteiger partial charge in [0.1, 0.15) is 34.2 Å². The van der Waals surface area contributed by atoms with Gasteiger partial charge >= 0.3 is 0 Å². The number of rotatable bonds is 11. The first-order valence-electron chi connectivity index (χ1n) is 14.2. The molecule has 5 rings (SSSR count). The Kier molecular flexibility index (Phi) is 9.10.